The molecule has 0 saturated heterocycles. The van der Waals surface area contributed by atoms with Crippen LogP contribution in [0.1, 0.15) is 155 Å². The molecule has 0 spiro atoms. The molecule has 0 bridgehead atoms. The quantitative estimate of drug-likeness (QED) is 0.120. The van der Waals surface area contributed by atoms with Crippen LogP contribution in [0.3, 0.4) is 0 Å². The monoisotopic (exact) mass is 433 g/mol. The lowest BCUT2D eigenvalue weighted by Crippen LogP contribution is -2.37. The Hall–Kier alpha value is -0.790. The molecule has 0 aliphatic rings. The highest BCUT2D eigenvalue weighted by molar-refractivity contribution is 4.84. The summed E-state index contributed by atoms with van der Waals surface area (Å²) >= 11 is 0. The van der Waals surface area contributed by atoms with Gasteiger partial charge in [0.2, 0.25) is 0 Å². The molecule has 182 valence electrons. The molecule has 0 aliphatic carbocycles. The van der Waals surface area contributed by atoms with E-state index in [1.54, 1.807) is 5.82 Å². The van der Waals surface area contributed by atoms with Crippen LogP contribution < -0.4 is 4.57 Å². The Bertz CT molecular complexity index is 491. The fourth-order valence-corrected chi connectivity index (χ4v) is 4.78. The third kappa shape index (κ3) is 14.8. The van der Waals surface area contributed by atoms with Crippen molar-refractivity contribution >= 4 is 0 Å². The van der Waals surface area contributed by atoms with E-state index in [2.05, 4.69) is 42.3 Å². The smallest absolute Gasteiger partial charge is 0.234 e. The first-order chi connectivity index (χ1) is 15.3. The Balaban J connectivity index is 2.14. The van der Waals surface area contributed by atoms with E-state index < -0.39 is 0 Å². The summed E-state index contributed by atoms with van der Waals surface area (Å²) in [5.41, 5.74) is 0. The Morgan fingerprint density at radius 2 is 1.00 bits per heavy atom. The van der Waals surface area contributed by atoms with Crippen molar-refractivity contribution in [3.8, 4) is 0 Å². The van der Waals surface area contributed by atoms with E-state index in [1.165, 1.54) is 148 Å². The fraction of sp³-hybridized carbons (Fsp3) is 0.897. The van der Waals surface area contributed by atoms with Gasteiger partial charge >= 0.3 is 0 Å². The van der Waals surface area contributed by atoms with E-state index in [0.29, 0.717) is 0 Å². The molecule has 0 amide bonds. The summed E-state index contributed by atoms with van der Waals surface area (Å²) in [5.74, 6) is 1.57. The molecule has 1 aromatic heterocycles. The summed E-state index contributed by atoms with van der Waals surface area (Å²) in [6.07, 6.45) is 34.1. The molecule has 0 atom stereocenters. The van der Waals surface area contributed by atoms with Crippen LogP contribution in [0, 0.1) is 0 Å². The number of nitrogens with zero attached hydrogens (tertiary/aromatic N) is 2. The Kier molecular flexibility index (Phi) is 19.2. The second-order valence-electron chi connectivity index (χ2n) is 9.86. The van der Waals surface area contributed by atoms with Crippen LogP contribution >= 0.6 is 0 Å². The average molecular weight is 434 g/mol. The Morgan fingerprint density at radius 1 is 0.548 bits per heavy atom. The van der Waals surface area contributed by atoms with Crippen molar-refractivity contribution in [1.82, 2.24) is 4.57 Å². The van der Waals surface area contributed by atoms with E-state index in [-0.39, 0.29) is 0 Å². The van der Waals surface area contributed by atoms with E-state index in [9.17, 15) is 0 Å². The van der Waals surface area contributed by atoms with Crippen molar-refractivity contribution in [3.63, 3.8) is 0 Å². The van der Waals surface area contributed by atoms with Gasteiger partial charge in [-0.15, -0.1) is 0 Å². The lowest BCUT2D eigenvalue weighted by Gasteiger charge is -2.06. The summed E-state index contributed by atoms with van der Waals surface area (Å²) in [6.45, 7) is 9.36. The van der Waals surface area contributed by atoms with Crippen LogP contribution in [0.25, 0.3) is 0 Å². The van der Waals surface area contributed by atoms with Gasteiger partial charge in [-0.25, -0.2) is 9.13 Å². The molecule has 1 rings (SSSR count). The van der Waals surface area contributed by atoms with Gasteiger partial charge in [0, 0.05) is 6.42 Å². The summed E-state index contributed by atoms with van der Waals surface area (Å²) in [7, 11) is 0. The largest absolute Gasteiger partial charge is 0.256 e. The minimum atomic E-state index is 1.22. The van der Waals surface area contributed by atoms with Gasteiger partial charge in [0.1, 0.15) is 12.4 Å². The predicted octanol–water partition coefficient (Wildman–Crippen LogP) is 9.18. The maximum atomic E-state index is 2.56. The lowest BCUT2D eigenvalue weighted by molar-refractivity contribution is -0.704. The normalized spacial score (nSPS) is 11.5. The van der Waals surface area contributed by atoms with Gasteiger partial charge in [-0.2, -0.15) is 0 Å². The highest BCUT2D eigenvalue weighted by Crippen LogP contribution is 2.12. The van der Waals surface area contributed by atoms with Crippen molar-refractivity contribution in [2.75, 3.05) is 0 Å². The van der Waals surface area contributed by atoms with Gasteiger partial charge in [0.15, 0.2) is 0 Å². The minimum Gasteiger partial charge on any atom is -0.234 e. The second-order valence-corrected chi connectivity index (χ2v) is 9.86. The number of unbranched alkanes of at least 4 members (excludes halogenated alkanes) is 17. The molecule has 0 unspecified atom stereocenters. The first kappa shape index (κ1) is 28.2. The van der Waals surface area contributed by atoms with E-state index in [4.69, 9.17) is 0 Å². The van der Waals surface area contributed by atoms with Crippen LogP contribution in [0.4, 0.5) is 0 Å². The highest BCUT2D eigenvalue weighted by Gasteiger charge is 2.15. The third-order valence-corrected chi connectivity index (χ3v) is 6.82. The zero-order valence-corrected chi connectivity index (χ0v) is 21.8. The van der Waals surface area contributed by atoms with Gasteiger partial charge in [-0.3, -0.25) is 0 Å². The van der Waals surface area contributed by atoms with Crippen LogP contribution in [-0.4, -0.2) is 4.57 Å². The molecule has 2 nitrogen and oxygen atoms in total. The van der Waals surface area contributed by atoms with Gasteiger partial charge in [-0.1, -0.05) is 117 Å². The first-order valence-corrected chi connectivity index (χ1v) is 14.4. The third-order valence-electron chi connectivity index (χ3n) is 6.82. The van der Waals surface area contributed by atoms with Crippen molar-refractivity contribution < 1.29 is 4.57 Å². The van der Waals surface area contributed by atoms with Crippen molar-refractivity contribution in [1.29, 1.82) is 0 Å². The maximum Gasteiger partial charge on any atom is 0.256 e. The Labute approximate surface area is 196 Å². The summed E-state index contributed by atoms with van der Waals surface area (Å²) in [4.78, 5) is 0. The molecular formula is C29H57N2+. The lowest BCUT2D eigenvalue weighted by atomic mass is 10.1. The van der Waals surface area contributed by atoms with E-state index in [1.807, 2.05) is 0 Å². The van der Waals surface area contributed by atoms with Crippen LogP contribution in [-0.2, 0) is 19.5 Å². The number of hydrogen-bond acceptors (Lipinski definition) is 0. The highest BCUT2D eigenvalue weighted by atomic mass is 15.1. The maximum absolute atomic E-state index is 2.56. The number of aryl methyl sites for hydroxylation is 2. The average Bonchev–Trinajstić information content (AvgIpc) is 3.15. The molecule has 0 radical (unpaired) electrons. The van der Waals surface area contributed by atoms with Gasteiger partial charge in [0.05, 0.1) is 13.1 Å². The Morgan fingerprint density at radius 3 is 1.48 bits per heavy atom. The van der Waals surface area contributed by atoms with Crippen molar-refractivity contribution in [3.05, 3.63) is 18.2 Å². The number of aromatic nitrogens is 2. The molecule has 2 heteroatoms. The van der Waals surface area contributed by atoms with Crippen molar-refractivity contribution in [2.24, 2.45) is 0 Å². The molecule has 1 heterocycles. The molecule has 0 saturated carbocycles. The first-order valence-electron chi connectivity index (χ1n) is 14.4. The molecule has 0 aliphatic heterocycles. The standard InChI is InChI=1S/C29H57N2/c1-4-7-9-11-13-15-16-17-19-21-23-26-31-28-27-30(29(31)24-6-3)25-22-20-18-14-12-10-8-5-2/h27-28H,4-26H2,1-3H3/q+1. The molecule has 31 heavy (non-hydrogen) atoms. The van der Waals surface area contributed by atoms with Crippen LogP contribution in [0.2, 0.25) is 0 Å². The molecule has 0 N–H and O–H groups in total. The van der Waals surface area contributed by atoms with Crippen LogP contribution in [0.15, 0.2) is 12.4 Å². The molecule has 0 fully saturated rings. The number of imidazole rings is 1. The van der Waals surface area contributed by atoms with Gasteiger partial charge in [0.25, 0.3) is 5.82 Å². The summed E-state index contributed by atoms with van der Waals surface area (Å²) < 4.78 is 5.11. The molecule has 1 aromatic rings. The van der Waals surface area contributed by atoms with Crippen molar-refractivity contribution in [2.45, 2.75) is 169 Å². The SMILES string of the molecule is CCCCCCCCCCCCC[n+]1ccn(CCCCCCCCCC)c1CCC. The molecule has 0 aromatic carbocycles. The topological polar surface area (TPSA) is 8.81 Å². The van der Waals surface area contributed by atoms with E-state index >= 15 is 0 Å². The fourth-order valence-electron chi connectivity index (χ4n) is 4.78. The van der Waals surface area contributed by atoms with Gasteiger partial charge < -0.3 is 0 Å². The minimum absolute atomic E-state index is 1.22. The summed E-state index contributed by atoms with van der Waals surface area (Å²) in [5, 5.41) is 0. The zero-order chi connectivity index (χ0) is 22.4. The summed E-state index contributed by atoms with van der Waals surface area (Å²) in [6, 6.07) is 0. The number of rotatable bonds is 23. The molecular weight excluding hydrogens is 376 g/mol. The zero-order valence-electron chi connectivity index (χ0n) is 21.8. The van der Waals surface area contributed by atoms with Gasteiger partial charge in [-0.05, 0) is 32.1 Å². The predicted molar refractivity (Wildman–Crippen MR) is 138 cm³/mol. The van der Waals surface area contributed by atoms with E-state index in [0.717, 1.165) is 0 Å². The second kappa shape index (κ2) is 21.1. The number of hydrogen-bond donors (Lipinski definition) is 0. The van der Waals surface area contributed by atoms with Crippen LogP contribution in [0.5, 0.6) is 0 Å².